The van der Waals surface area contributed by atoms with Gasteiger partial charge < -0.3 is 9.26 Å². The van der Waals surface area contributed by atoms with Crippen LogP contribution in [-0.4, -0.2) is 32.2 Å². The zero-order valence-electron chi connectivity index (χ0n) is 16.1. The van der Waals surface area contributed by atoms with Crippen molar-refractivity contribution in [2.75, 3.05) is 7.11 Å². The number of hydrogen-bond donors (Lipinski definition) is 0. The Hall–Kier alpha value is -1.76. The number of rotatable bonds is 6. The van der Waals surface area contributed by atoms with Gasteiger partial charge in [-0.25, -0.2) is 4.68 Å². The first-order valence-electron chi connectivity index (χ1n) is 10.0. The molecule has 1 atom stereocenters. The van der Waals surface area contributed by atoms with E-state index in [4.69, 9.17) is 14.2 Å². The zero-order valence-corrected chi connectivity index (χ0v) is 16.1. The lowest BCUT2D eigenvalue weighted by molar-refractivity contribution is -0.0306. The molecular formula is C19H29N5O2. The standard InChI is InChI=1S/C19H29N5O2/c1-4-19(5-2,25-3)18-20-17(26-22-18)13-10-11-15-16(12-13)24(23-21-15)14-8-6-7-9-14/h13-14H,4-12H2,1-3H3. The highest BCUT2D eigenvalue weighted by Gasteiger charge is 2.36. The number of nitrogens with zero attached hydrogens (tertiary/aromatic N) is 5. The molecule has 2 aliphatic carbocycles. The first-order valence-corrected chi connectivity index (χ1v) is 10.0. The second-order valence-corrected chi connectivity index (χ2v) is 7.67. The molecule has 0 aromatic carbocycles. The van der Waals surface area contributed by atoms with Crippen molar-refractivity contribution >= 4 is 0 Å². The van der Waals surface area contributed by atoms with Crippen molar-refractivity contribution < 1.29 is 9.26 Å². The summed E-state index contributed by atoms with van der Waals surface area (Å²) in [7, 11) is 1.72. The lowest BCUT2D eigenvalue weighted by atomic mass is 9.89. The van der Waals surface area contributed by atoms with E-state index in [9.17, 15) is 0 Å². The van der Waals surface area contributed by atoms with Gasteiger partial charge in [0.1, 0.15) is 5.60 Å². The molecule has 0 saturated heterocycles. The molecule has 2 aromatic heterocycles. The van der Waals surface area contributed by atoms with Crippen molar-refractivity contribution in [3.8, 4) is 0 Å². The number of aryl methyl sites for hydroxylation is 1. The molecule has 1 fully saturated rings. The van der Waals surface area contributed by atoms with E-state index in [0.29, 0.717) is 11.9 Å². The van der Waals surface area contributed by atoms with Crippen molar-refractivity contribution in [3.05, 3.63) is 23.1 Å². The number of hydrogen-bond acceptors (Lipinski definition) is 6. The minimum absolute atomic E-state index is 0.241. The topological polar surface area (TPSA) is 78.9 Å². The van der Waals surface area contributed by atoms with Crippen LogP contribution in [0.1, 0.15) is 93.9 Å². The SMILES string of the molecule is CCC(CC)(OC)c1noc(C2CCc3nnn(C4CCCC4)c3C2)n1. The van der Waals surface area contributed by atoms with Gasteiger partial charge in [0.15, 0.2) is 0 Å². The van der Waals surface area contributed by atoms with Gasteiger partial charge in [0.05, 0.1) is 17.4 Å². The fraction of sp³-hybridized carbons (Fsp3) is 0.789. The van der Waals surface area contributed by atoms with Crippen LogP contribution >= 0.6 is 0 Å². The summed E-state index contributed by atoms with van der Waals surface area (Å²) in [5, 5.41) is 13.2. The number of aromatic nitrogens is 5. The van der Waals surface area contributed by atoms with Crippen LogP contribution in [0.5, 0.6) is 0 Å². The molecule has 7 heteroatoms. The van der Waals surface area contributed by atoms with Crippen molar-refractivity contribution in [3.63, 3.8) is 0 Å². The summed E-state index contributed by atoms with van der Waals surface area (Å²) in [5.74, 6) is 1.65. The van der Waals surface area contributed by atoms with Crippen LogP contribution in [0.4, 0.5) is 0 Å². The van der Waals surface area contributed by atoms with Gasteiger partial charge >= 0.3 is 0 Å². The second kappa shape index (κ2) is 7.10. The Balaban J connectivity index is 1.57. The Bertz CT molecular complexity index is 735. The molecule has 2 aliphatic rings. The fourth-order valence-corrected chi connectivity index (χ4v) is 4.58. The van der Waals surface area contributed by atoms with Crippen molar-refractivity contribution in [1.82, 2.24) is 25.1 Å². The molecule has 1 saturated carbocycles. The molecule has 2 heterocycles. The highest BCUT2D eigenvalue weighted by atomic mass is 16.5. The van der Waals surface area contributed by atoms with Gasteiger partial charge in [-0.3, -0.25) is 0 Å². The first kappa shape index (κ1) is 17.6. The maximum absolute atomic E-state index is 5.74. The van der Waals surface area contributed by atoms with E-state index in [1.54, 1.807) is 7.11 Å². The van der Waals surface area contributed by atoms with Gasteiger partial charge in [0.25, 0.3) is 0 Å². The molecule has 142 valence electrons. The minimum Gasteiger partial charge on any atom is -0.370 e. The monoisotopic (exact) mass is 359 g/mol. The van der Waals surface area contributed by atoms with Gasteiger partial charge in [-0.2, -0.15) is 4.98 Å². The predicted octanol–water partition coefficient (Wildman–Crippen LogP) is 3.71. The highest BCUT2D eigenvalue weighted by Crippen LogP contribution is 2.37. The van der Waals surface area contributed by atoms with Crippen LogP contribution in [-0.2, 0) is 23.2 Å². The smallest absolute Gasteiger partial charge is 0.230 e. The largest absolute Gasteiger partial charge is 0.370 e. The van der Waals surface area contributed by atoms with Crippen molar-refractivity contribution in [1.29, 1.82) is 0 Å². The molecule has 26 heavy (non-hydrogen) atoms. The molecule has 0 aliphatic heterocycles. The quantitative estimate of drug-likeness (QED) is 0.782. The van der Waals surface area contributed by atoms with E-state index in [-0.39, 0.29) is 5.92 Å². The number of fused-ring (bicyclic) bond motifs is 1. The summed E-state index contributed by atoms with van der Waals surface area (Å²) < 4.78 is 13.6. The van der Waals surface area contributed by atoms with Gasteiger partial charge in [-0.15, -0.1) is 5.10 Å². The van der Waals surface area contributed by atoms with Crippen LogP contribution in [0, 0.1) is 0 Å². The summed E-state index contributed by atoms with van der Waals surface area (Å²) in [6.45, 7) is 4.20. The number of ether oxygens (including phenoxy) is 1. The normalized spacial score (nSPS) is 21.3. The zero-order chi connectivity index (χ0) is 18.1. The molecule has 2 aromatic rings. The Morgan fingerprint density at radius 2 is 1.96 bits per heavy atom. The van der Waals surface area contributed by atoms with E-state index in [2.05, 4.69) is 34.0 Å². The highest BCUT2D eigenvalue weighted by molar-refractivity contribution is 5.20. The summed E-state index contributed by atoms with van der Waals surface area (Å²) in [6.07, 6.45) is 9.48. The maximum Gasteiger partial charge on any atom is 0.230 e. The molecule has 7 nitrogen and oxygen atoms in total. The third kappa shape index (κ3) is 2.86. The van der Waals surface area contributed by atoms with E-state index in [1.807, 2.05) is 0 Å². The summed E-state index contributed by atoms with van der Waals surface area (Å²) in [4.78, 5) is 4.75. The molecule has 0 amide bonds. The van der Waals surface area contributed by atoms with E-state index in [0.717, 1.165) is 43.7 Å². The third-order valence-corrected chi connectivity index (χ3v) is 6.44. The van der Waals surface area contributed by atoms with Crippen LogP contribution in [0.2, 0.25) is 0 Å². The molecule has 0 spiro atoms. The third-order valence-electron chi connectivity index (χ3n) is 6.44. The van der Waals surface area contributed by atoms with E-state index < -0.39 is 5.60 Å². The number of methoxy groups -OCH3 is 1. The van der Waals surface area contributed by atoms with Crippen molar-refractivity contribution in [2.45, 2.75) is 89.2 Å². The van der Waals surface area contributed by atoms with Crippen LogP contribution in [0.25, 0.3) is 0 Å². The fourth-order valence-electron chi connectivity index (χ4n) is 4.58. The lowest BCUT2D eigenvalue weighted by Crippen LogP contribution is -2.28. The van der Waals surface area contributed by atoms with Crippen LogP contribution in [0.15, 0.2) is 4.52 Å². The Labute approximate surface area is 154 Å². The first-order chi connectivity index (χ1) is 12.7. The summed E-state index contributed by atoms with van der Waals surface area (Å²) in [5.41, 5.74) is 1.98. The molecule has 1 unspecified atom stereocenters. The maximum atomic E-state index is 5.74. The van der Waals surface area contributed by atoms with Gasteiger partial charge in [0.2, 0.25) is 11.7 Å². The Morgan fingerprint density at radius 1 is 1.19 bits per heavy atom. The summed E-state index contributed by atoms with van der Waals surface area (Å²) in [6, 6.07) is 0.518. The molecule has 0 bridgehead atoms. The average molecular weight is 359 g/mol. The van der Waals surface area contributed by atoms with Crippen molar-refractivity contribution in [2.24, 2.45) is 0 Å². The van der Waals surface area contributed by atoms with Crippen LogP contribution < -0.4 is 0 Å². The Kier molecular flexibility index (Phi) is 4.82. The molecule has 0 radical (unpaired) electrons. The Morgan fingerprint density at radius 3 is 2.65 bits per heavy atom. The molecular weight excluding hydrogens is 330 g/mol. The molecule has 0 N–H and O–H groups in total. The van der Waals surface area contributed by atoms with E-state index in [1.165, 1.54) is 31.4 Å². The van der Waals surface area contributed by atoms with Crippen LogP contribution in [0.3, 0.4) is 0 Å². The van der Waals surface area contributed by atoms with Gasteiger partial charge in [-0.1, -0.05) is 37.1 Å². The lowest BCUT2D eigenvalue weighted by Gasteiger charge is -2.26. The van der Waals surface area contributed by atoms with Gasteiger partial charge in [0, 0.05) is 19.4 Å². The second-order valence-electron chi connectivity index (χ2n) is 7.67. The molecule has 4 rings (SSSR count). The van der Waals surface area contributed by atoms with Gasteiger partial charge in [-0.05, 0) is 38.5 Å². The summed E-state index contributed by atoms with van der Waals surface area (Å²) >= 11 is 0. The average Bonchev–Trinajstić information content (AvgIpc) is 3.43. The predicted molar refractivity (Wildman–Crippen MR) is 95.9 cm³/mol. The minimum atomic E-state index is -0.450. The van der Waals surface area contributed by atoms with E-state index >= 15 is 0 Å².